The molecule has 1 aliphatic heterocycles. The van der Waals surface area contributed by atoms with Gasteiger partial charge < -0.3 is 16.0 Å². The van der Waals surface area contributed by atoms with E-state index in [1.807, 2.05) is 18.2 Å². The first-order chi connectivity index (χ1) is 10.7. The van der Waals surface area contributed by atoms with Crippen LogP contribution >= 0.6 is 52.1 Å². The lowest BCUT2D eigenvalue weighted by Crippen LogP contribution is -2.37. The van der Waals surface area contributed by atoms with Crippen molar-refractivity contribution in [3.8, 4) is 0 Å². The first-order valence-corrected chi connectivity index (χ1v) is 8.79. The number of nitrogens with one attached hydrogen (secondary N) is 1. The molecular formula is C15H19BrCl2N4OS. The SMILES string of the molecule is Cl.Cl.NCc1nc(C(=O)NC2CCN(c3ccccc3Br)C2)cs1. The van der Waals surface area contributed by atoms with E-state index in [0.29, 0.717) is 12.2 Å². The summed E-state index contributed by atoms with van der Waals surface area (Å²) < 4.78 is 1.08. The molecule has 2 heterocycles. The Morgan fingerprint density at radius 1 is 1.42 bits per heavy atom. The molecule has 9 heteroatoms. The van der Waals surface area contributed by atoms with Gasteiger partial charge in [-0.1, -0.05) is 12.1 Å². The molecule has 0 spiro atoms. The lowest BCUT2D eigenvalue weighted by atomic mass is 10.2. The van der Waals surface area contributed by atoms with Crippen LogP contribution in [-0.2, 0) is 6.54 Å². The lowest BCUT2D eigenvalue weighted by Gasteiger charge is -2.20. The summed E-state index contributed by atoms with van der Waals surface area (Å²) in [7, 11) is 0. The molecule has 1 aromatic carbocycles. The third kappa shape index (κ3) is 4.83. The van der Waals surface area contributed by atoms with Gasteiger partial charge in [0.25, 0.3) is 5.91 Å². The van der Waals surface area contributed by atoms with Crippen molar-refractivity contribution in [2.45, 2.75) is 19.0 Å². The predicted octanol–water partition coefficient (Wildman–Crippen LogP) is 3.22. The summed E-state index contributed by atoms with van der Waals surface area (Å²) in [6.45, 7) is 2.11. The van der Waals surface area contributed by atoms with Crippen LogP contribution < -0.4 is 16.0 Å². The monoisotopic (exact) mass is 452 g/mol. The number of nitrogens with zero attached hydrogens (tertiary/aromatic N) is 2. The average Bonchev–Trinajstić information content (AvgIpc) is 3.16. The average molecular weight is 454 g/mol. The van der Waals surface area contributed by atoms with E-state index in [2.05, 4.69) is 37.2 Å². The van der Waals surface area contributed by atoms with Crippen LogP contribution in [0.1, 0.15) is 21.9 Å². The van der Waals surface area contributed by atoms with E-state index >= 15 is 0 Å². The Morgan fingerprint density at radius 2 is 2.17 bits per heavy atom. The maximum atomic E-state index is 12.2. The third-order valence-electron chi connectivity index (χ3n) is 3.68. The van der Waals surface area contributed by atoms with Gasteiger partial charge in [0, 0.05) is 35.5 Å². The van der Waals surface area contributed by atoms with Crippen molar-refractivity contribution in [3.63, 3.8) is 0 Å². The fraction of sp³-hybridized carbons (Fsp3) is 0.333. The normalized spacial score (nSPS) is 16.2. The minimum Gasteiger partial charge on any atom is -0.368 e. The minimum atomic E-state index is -0.116. The molecular weight excluding hydrogens is 435 g/mol. The zero-order valence-corrected chi connectivity index (χ0v) is 16.8. The highest BCUT2D eigenvalue weighted by Gasteiger charge is 2.26. The summed E-state index contributed by atoms with van der Waals surface area (Å²) in [6, 6.07) is 8.28. The number of para-hydroxylation sites is 1. The molecule has 1 amide bonds. The molecule has 1 aromatic heterocycles. The molecule has 0 radical (unpaired) electrons. The van der Waals surface area contributed by atoms with E-state index in [1.165, 1.54) is 17.0 Å². The van der Waals surface area contributed by atoms with Crippen LogP contribution in [-0.4, -0.2) is 30.0 Å². The largest absolute Gasteiger partial charge is 0.368 e. The van der Waals surface area contributed by atoms with Crippen LogP contribution in [0, 0.1) is 0 Å². The highest BCUT2D eigenvalue weighted by atomic mass is 79.9. The van der Waals surface area contributed by atoms with E-state index < -0.39 is 0 Å². The quantitative estimate of drug-likeness (QED) is 0.745. The number of hydrogen-bond donors (Lipinski definition) is 2. The van der Waals surface area contributed by atoms with Gasteiger partial charge in [-0.3, -0.25) is 4.79 Å². The summed E-state index contributed by atoms with van der Waals surface area (Å²) in [6.07, 6.45) is 0.932. The molecule has 1 aliphatic rings. The van der Waals surface area contributed by atoms with Gasteiger partial charge in [-0.05, 0) is 34.5 Å². The van der Waals surface area contributed by atoms with Gasteiger partial charge in [-0.25, -0.2) is 4.98 Å². The fourth-order valence-corrected chi connectivity index (χ4v) is 3.76. The molecule has 0 aliphatic carbocycles. The maximum Gasteiger partial charge on any atom is 0.271 e. The third-order valence-corrected chi connectivity index (χ3v) is 5.22. The van der Waals surface area contributed by atoms with Crippen molar-refractivity contribution >= 4 is 63.7 Å². The zero-order valence-electron chi connectivity index (χ0n) is 12.8. The van der Waals surface area contributed by atoms with Crippen molar-refractivity contribution in [1.82, 2.24) is 10.3 Å². The Labute approximate surface area is 166 Å². The van der Waals surface area contributed by atoms with Crippen LogP contribution in [0.15, 0.2) is 34.1 Å². The van der Waals surface area contributed by atoms with Gasteiger partial charge in [0.05, 0.1) is 5.69 Å². The van der Waals surface area contributed by atoms with Crippen LogP contribution in [0.4, 0.5) is 5.69 Å². The van der Waals surface area contributed by atoms with Gasteiger partial charge in [0.2, 0.25) is 0 Å². The molecule has 3 N–H and O–H groups in total. The van der Waals surface area contributed by atoms with E-state index in [-0.39, 0.29) is 36.8 Å². The molecule has 24 heavy (non-hydrogen) atoms. The summed E-state index contributed by atoms with van der Waals surface area (Å²) in [5.74, 6) is -0.116. The van der Waals surface area contributed by atoms with Crippen LogP contribution in [0.3, 0.4) is 0 Å². The van der Waals surface area contributed by atoms with Crippen molar-refractivity contribution in [3.05, 3.63) is 44.8 Å². The summed E-state index contributed by atoms with van der Waals surface area (Å²) in [4.78, 5) is 18.7. The number of halogens is 3. The lowest BCUT2D eigenvalue weighted by molar-refractivity contribution is 0.0936. The minimum absolute atomic E-state index is 0. The first kappa shape index (κ1) is 21.2. The summed E-state index contributed by atoms with van der Waals surface area (Å²) >= 11 is 5.00. The smallest absolute Gasteiger partial charge is 0.271 e. The van der Waals surface area contributed by atoms with Crippen LogP contribution in [0.2, 0.25) is 0 Å². The van der Waals surface area contributed by atoms with E-state index in [1.54, 1.807) is 5.38 Å². The number of anilines is 1. The number of hydrogen-bond acceptors (Lipinski definition) is 5. The molecule has 1 saturated heterocycles. The van der Waals surface area contributed by atoms with Gasteiger partial charge in [-0.15, -0.1) is 36.2 Å². The standard InChI is InChI=1S/C15H17BrN4OS.2ClH/c16-11-3-1-2-4-13(11)20-6-5-10(8-20)18-15(21)12-9-22-14(7-17)19-12;;/h1-4,9-10H,5-8,17H2,(H,18,21);2*1H. The van der Waals surface area contributed by atoms with E-state index in [9.17, 15) is 4.79 Å². The number of thiazole rings is 1. The summed E-state index contributed by atoms with van der Waals surface area (Å²) in [5, 5.41) is 5.60. The number of carbonyl (C=O) groups is 1. The molecule has 1 fully saturated rings. The highest BCUT2D eigenvalue weighted by Crippen LogP contribution is 2.28. The van der Waals surface area contributed by atoms with Crippen molar-refractivity contribution in [2.24, 2.45) is 5.73 Å². The van der Waals surface area contributed by atoms with Gasteiger partial charge in [-0.2, -0.15) is 0 Å². The Bertz CT molecular complexity index is 685. The van der Waals surface area contributed by atoms with Gasteiger partial charge in [0.1, 0.15) is 10.7 Å². The fourth-order valence-electron chi connectivity index (χ4n) is 2.57. The molecule has 5 nitrogen and oxygen atoms in total. The molecule has 1 unspecified atom stereocenters. The number of nitrogens with two attached hydrogens (primary N) is 1. The predicted molar refractivity (Wildman–Crippen MR) is 107 cm³/mol. The van der Waals surface area contributed by atoms with Crippen LogP contribution in [0.25, 0.3) is 0 Å². The topological polar surface area (TPSA) is 71.2 Å². The second-order valence-corrected chi connectivity index (χ2v) is 6.98. The molecule has 0 saturated carbocycles. The van der Waals surface area contributed by atoms with E-state index in [0.717, 1.165) is 29.0 Å². The Kier molecular flexibility index (Phi) is 8.45. The van der Waals surface area contributed by atoms with Crippen LogP contribution in [0.5, 0.6) is 0 Å². The second kappa shape index (κ2) is 9.58. The Hall–Kier alpha value is -0.860. The highest BCUT2D eigenvalue weighted by molar-refractivity contribution is 9.10. The maximum absolute atomic E-state index is 12.2. The summed E-state index contributed by atoms with van der Waals surface area (Å²) in [5.41, 5.74) is 7.16. The van der Waals surface area contributed by atoms with Crippen molar-refractivity contribution in [1.29, 1.82) is 0 Å². The number of carbonyl (C=O) groups excluding carboxylic acids is 1. The van der Waals surface area contributed by atoms with E-state index in [4.69, 9.17) is 5.73 Å². The number of benzene rings is 1. The Balaban J connectivity index is 0.00000144. The molecule has 132 valence electrons. The number of amides is 1. The van der Waals surface area contributed by atoms with Crippen molar-refractivity contribution < 1.29 is 4.79 Å². The zero-order chi connectivity index (χ0) is 15.5. The molecule has 0 bridgehead atoms. The first-order valence-electron chi connectivity index (χ1n) is 7.12. The number of rotatable bonds is 4. The molecule has 2 aromatic rings. The second-order valence-electron chi connectivity index (χ2n) is 5.19. The molecule has 1 atom stereocenters. The number of aromatic nitrogens is 1. The van der Waals surface area contributed by atoms with Gasteiger partial charge in [0.15, 0.2) is 0 Å². The Morgan fingerprint density at radius 3 is 2.83 bits per heavy atom. The van der Waals surface area contributed by atoms with Crippen molar-refractivity contribution in [2.75, 3.05) is 18.0 Å². The molecule has 3 rings (SSSR count). The van der Waals surface area contributed by atoms with Gasteiger partial charge >= 0.3 is 0 Å².